The van der Waals surface area contributed by atoms with Crippen LogP contribution in [0.15, 0.2) is 156 Å². The van der Waals surface area contributed by atoms with E-state index in [4.69, 9.17) is 0 Å². The molecule has 0 heterocycles. The molecule has 270 valence electrons. The van der Waals surface area contributed by atoms with Crippen molar-refractivity contribution in [2.75, 3.05) is 23.3 Å². The summed E-state index contributed by atoms with van der Waals surface area (Å²) in [7, 11) is -4.28. The molecule has 5 aromatic carbocycles. The summed E-state index contributed by atoms with van der Waals surface area (Å²) in [5.41, 5.74) is 14.5. The summed E-state index contributed by atoms with van der Waals surface area (Å²) >= 11 is 0. The van der Waals surface area contributed by atoms with Gasteiger partial charge in [-0.25, -0.2) is 4.58 Å². The van der Waals surface area contributed by atoms with Crippen LogP contribution in [0.25, 0.3) is 5.57 Å². The first-order valence-electron chi connectivity index (χ1n) is 18.2. The summed E-state index contributed by atoms with van der Waals surface area (Å²) in [6.07, 6.45) is 6.56. The Balaban J connectivity index is 1.39. The molecule has 0 aromatic heterocycles. The van der Waals surface area contributed by atoms with Crippen molar-refractivity contribution in [1.29, 1.82) is 0 Å². The molecule has 7 heteroatoms. The molecular formula is C46H48N3O3S+. The normalized spacial score (nSPS) is 14.8. The molecule has 5 aromatic rings. The molecule has 1 aliphatic carbocycles. The molecule has 0 bridgehead atoms. The number of nitrogens with zero attached hydrogens (tertiary/aromatic N) is 2. The maximum atomic E-state index is 11.8. The maximum absolute atomic E-state index is 11.8. The van der Waals surface area contributed by atoms with Crippen LogP contribution in [0.3, 0.4) is 0 Å². The molecule has 0 atom stereocenters. The SMILES string of the molecule is CCN(Cc1ccccc1)c1ccc(/C(=C2C=C/C(=[N+](\CC)Cc3cccc(S(=O)(=O)O)c3)C=C\2C)c2ccc(Nc3ccc(C)cc3)cc2)c(C)c1. The fourth-order valence-electron chi connectivity index (χ4n) is 6.83. The van der Waals surface area contributed by atoms with Gasteiger partial charge >= 0.3 is 0 Å². The maximum Gasteiger partial charge on any atom is 0.294 e. The molecule has 6 nitrogen and oxygen atoms in total. The molecule has 53 heavy (non-hydrogen) atoms. The summed E-state index contributed by atoms with van der Waals surface area (Å²) in [5.74, 6) is 0. The number of allylic oxidation sites excluding steroid dienone is 5. The van der Waals surface area contributed by atoms with E-state index in [2.05, 4.69) is 165 Å². The molecular weight excluding hydrogens is 675 g/mol. The number of hydrogen-bond donors (Lipinski definition) is 2. The van der Waals surface area contributed by atoms with Crippen LogP contribution in [-0.2, 0) is 23.2 Å². The lowest BCUT2D eigenvalue weighted by molar-refractivity contribution is -0.539. The Morgan fingerprint density at radius 3 is 2.06 bits per heavy atom. The minimum absolute atomic E-state index is 0.0968. The third-order valence-electron chi connectivity index (χ3n) is 9.75. The second kappa shape index (κ2) is 16.4. The van der Waals surface area contributed by atoms with Gasteiger partial charge in [0.15, 0.2) is 12.3 Å². The van der Waals surface area contributed by atoms with E-state index >= 15 is 0 Å². The lowest BCUT2D eigenvalue weighted by atomic mass is 9.85. The van der Waals surface area contributed by atoms with Crippen LogP contribution in [0.1, 0.15) is 54.2 Å². The second-order valence-electron chi connectivity index (χ2n) is 13.6. The van der Waals surface area contributed by atoms with Crippen LogP contribution in [0.2, 0.25) is 0 Å². The van der Waals surface area contributed by atoms with Crippen molar-refractivity contribution in [2.24, 2.45) is 0 Å². The van der Waals surface area contributed by atoms with E-state index in [1.54, 1.807) is 6.07 Å². The van der Waals surface area contributed by atoms with Crippen molar-refractivity contribution in [3.8, 4) is 0 Å². The van der Waals surface area contributed by atoms with E-state index < -0.39 is 10.1 Å². The lowest BCUT2D eigenvalue weighted by Crippen LogP contribution is -2.22. The fourth-order valence-corrected chi connectivity index (χ4v) is 7.38. The second-order valence-corrected chi connectivity index (χ2v) is 15.0. The van der Waals surface area contributed by atoms with Gasteiger partial charge in [0.05, 0.1) is 4.90 Å². The standard InChI is InChI=1S/C46H47N3O3S/c1-6-48(31-36-12-9-8-10-13-36)41-24-26-44(34(4)28-41)46(38-18-22-40(23-19-38)47-39-20-16-33(3)17-21-39)45-27-25-42(29-35(45)5)49(7-2)32-37-14-11-15-43(30-37)53(50,51)52/h8-30H,6-7,31-32H2,1-5H3,(H,50,51,52)/p+1. The zero-order chi connectivity index (χ0) is 37.5. The quantitative estimate of drug-likeness (QED) is 0.0991. The number of aryl methyl sites for hydroxylation is 2. The summed E-state index contributed by atoms with van der Waals surface area (Å²) in [6.45, 7) is 13.7. The third kappa shape index (κ3) is 9.12. The molecule has 2 N–H and O–H groups in total. The largest absolute Gasteiger partial charge is 0.367 e. The predicted octanol–water partition coefficient (Wildman–Crippen LogP) is 10.3. The Morgan fingerprint density at radius 2 is 1.43 bits per heavy atom. The first kappa shape index (κ1) is 37.3. The van der Waals surface area contributed by atoms with Crippen LogP contribution in [0.5, 0.6) is 0 Å². The summed E-state index contributed by atoms with van der Waals surface area (Å²) < 4.78 is 35.4. The van der Waals surface area contributed by atoms with E-state index in [1.165, 1.54) is 40.1 Å². The Hall–Kier alpha value is -5.50. The number of hydrogen-bond acceptors (Lipinski definition) is 4. The third-order valence-corrected chi connectivity index (χ3v) is 10.6. The molecule has 0 unspecified atom stereocenters. The number of nitrogens with one attached hydrogen (secondary N) is 1. The van der Waals surface area contributed by atoms with Gasteiger partial charge in [0, 0.05) is 47.9 Å². The van der Waals surface area contributed by atoms with Crippen molar-refractivity contribution in [3.05, 3.63) is 184 Å². The molecule has 0 amide bonds. The van der Waals surface area contributed by atoms with Crippen molar-refractivity contribution < 1.29 is 17.5 Å². The van der Waals surface area contributed by atoms with Gasteiger partial charge in [-0.05, 0) is 128 Å². The van der Waals surface area contributed by atoms with Crippen molar-refractivity contribution in [2.45, 2.75) is 52.6 Å². The van der Waals surface area contributed by atoms with Gasteiger partial charge in [0.1, 0.15) is 6.54 Å². The van der Waals surface area contributed by atoms with Crippen molar-refractivity contribution in [3.63, 3.8) is 0 Å². The Morgan fingerprint density at radius 1 is 0.755 bits per heavy atom. The van der Waals surface area contributed by atoms with Crippen LogP contribution >= 0.6 is 0 Å². The van der Waals surface area contributed by atoms with Crippen LogP contribution in [-0.4, -0.2) is 36.3 Å². The molecule has 0 spiro atoms. The molecule has 0 saturated carbocycles. The number of benzene rings is 5. The van der Waals surface area contributed by atoms with Crippen LogP contribution in [0, 0.1) is 13.8 Å². The van der Waals surface area contributed by atoms with Gasteiger partial charge in [0.25, 0.3) is 10.1 Å². The van der Waals surface area contributed by atoms with Crippen molar-refractivity contribution in [1.82, 2.24) is 0 Å². The first-order valence-corrected chi connectivity index (χ1v) is 19.6. The average Bonchev–Trinajstić information content (AvgIpc) is 3.16. The van der Waals surface area contributed by atoms with Gasteiger partial charge in [0.2, 0.25) is 0 Å². The van der Waals surface area contributed by atoms with Crippen molar-refractivity contribution >= 4 is 38.5 Å². The lowest BCUT2D eigenvalue weighted by Gasteiger charge is -2.25. The average molecular weight is 723 g/mol. The highest BCUT2D eigenvalue weighted by molar-refractivity contribution is 7.85. The van der Waals surface area contributed by atoms with E-state index in [0.29, 0.717) is 6.54 Å². The minimum atomic E-state index is -4.28. The zero-order valence-corrected chi connectivity index (χ0v) is 32.0. The van der Waals surface area contributed by atoms with Gasteiger partial charge in [-0.2, -0.15) is 8.42 Å². The molecule has 6 rings (SSSR count). The topological polar surface area (TPSA) is 72.7 Å². The van der Waals surface area contributed by atoms with Gasteiger partial charge in [-0.15, -0.1) is 0 Å². The first-order chi connectivity index (χ1) is 25.5. The van der Waals surface area contributed by atoms with E-state index in [1.807, 2.05) is 6.07 Å². The molecule has 0 fully saturated rings. The van der Waals surface area contributed by atoms with Gasteiger partial charge in [-0.1, -0.05) is 78.4 Å². The Labute approximate surface area is 314 Å². The number of anilines is 3. The summed E-state index contributed by atoms with van der Waals surface area (Å²) in [6, 6.07) is 41.0. The van der Waals surface area contributed by atoms with E-state index in [9.17, 15) is 13.0 Å². The highest BCUT2D eigenvalue weighted by Crippen LogP contribution is 2.37. The molecule has 0 radical (unpaired) electrons. The van der Waals surface area contributed by atoms with Crippen LogP contribution < -0.4 is 10.2 Å². The highest BCUT2D eigenvalue weighted by atomic mass is 32.2. The summed E-state index contributed by atoms with van der Waals surface area (Å²) in [5, 5.41) is 3.54. The molecule has 0 saturated heterocycles. The predicted molar refractivity (Wildman–Crippen MR) is 220 cm³/mol. The minimum Gasteiger partial charge on any atom is -0.367 e. The van der Waals surface area contributed by atoms with Gasteiger partial charge < -0.3 is 10.2 Å². The van der Waals surface area contributed by atoms with Gasteiger partial charge in [-0.3, -0.25) is 4.55 Å². The monoisotopic (exact) mass is 722 g/mol. The summed E-state index contributed by atoms with van der Waals surface area (Å²) in [4.78, 5) is 2.31. The smallest absolute Gasteiger partial charge is 0.294 e. The van der Waals surface area contributed by atoms with E-state index in [0.717, 1.165) is 64.6 Å². The zero-order valence-electron chi connectivity index (χ0n) is 31.2. The molecule has 1 aliphatic rings. The Kier molecular flexibility index (Phi) is 11.6. The fraction of sp³-hybridized carbons (Fsp3) is 0.196. The molecule has 0 aliphatic heterocycles. The van der Waals surface area contributed by atoms with Crippen LogP contribution in [0.4, 0.5) is 17.1 Å². The van der Waals surface area contributed by atoms with E-state index in [-0.39, 0.29) is 4.90 Å². The Bertz CT molecular complexity index is 2320. The number of rotatable bonds is 12. The highest BCUT2D eigenvalue weighted by Gasteiger charge is 2.21.